The van der Waals surface area contributed by atoms with Crippen molar-refractivity contribution in [1.29, 1.82) is 0 Å². The number of aromatic nitrogens is 3. The third-order valence-corrected chi connectivity index (χ3v) is 2.63. The molecule has 2 aromatic rings. The number of anilines is 3. The molecule has 6 nitrogen and oxygen atoms in total. The molecule has 0 saturated carbocycles. The molecular formula is C13H16N6S. The van der Waals surface area contributed by atoms with Gasteiger partial charge in [0.15, 0.2) is 5.11 Å². The van der Waals surface area contributed by atoms with Gasteiger partial charge in [-0.1, -0.05) is 25.1 Å². The van der Waals surface area contributed by atoms with Gasteiger partial charge in [-0.25, -0.2) is 0 Å². The lowest BCUT2D eigenvalue weighted by molar-refractivity contribution is 0.826. The molecule has 0 aliphatic heterocycles. The van der Waals surface area contributed by atoms with E-state index in [1.807, 2.05) is 30.3 Å². The molecule has 20 heavy (non-hydrogen) atoms. The van der Waals surface area contributed by atoms with E-state index >= 15 is 0 Å². The van der Waals surface area contributed by atoms with Crippen molar-refractivity contribution in [1.82, 2.24) is 15.0 Å². The van der Waals surface area contributed by atoms with Crippen LogP contribution in [-0.4, -0.2) is 20.1 Å². The van der Waals surface area contributed by atoms with Crippen LogP contribution in [0.2, 0.25) is 0 Å². The van der Waals surface area contributed by atoms with Crippen LogP contribution in [0.1, 0.15) is 19.2 Å². The van der Waals surface area contributed by atoms with Crippen molar-refractivity contribution in [2.75, 3.05) is 16.4 Å². The van der Waals surface area contributed by atoms with Crippen LogP contribution in [-0.2, 0) is 6.42 Å². The Morgan fingerprint density at radius 1 is 1.15 bits per heavy atom. The smallest absolute Gasteiger partial charge is 0.234 e. The number of rotatable bonds is 4. The van der Waals surface area contributed by atoms with Crippen LogP contribution < -0.4 is 16.4 Å². The monoisotopic (exact) mass is 288 g/mol. The van der Waals surface area contributed by atoms with Crippen LogP contribution in [0.25, 0.3) is 0 Å². The van der Waals surface area contributed by atoms with E-state index in [2.05, 4.69) is 32.5 Å². The highest BCUT2D eigenvalue weighted by Crippen LogP contribution is 2.08. The Morgan fingerprint density at radius 2 is 1.90 bits per heavy atom. The summed E-state index contributed by atoms with van der Waals surface area (Å²) in [5, 5.41) is 6.36. The number of para-hydroxylation sites is 1. The van der Waals surface area contributed by atoms with E-state index in [-0.39, 0.29) is 5.95 Å². The van der Waals surface area contributed by atoms with Gasteiger partial charge in [-0.05, 0) is 30.8 Å². The molecule has 1 aromatic carbocycles. The molecule has 0 amide bonds. The van der Waals surface area contributed by atoms with Crippen LogP contribution >= 0.6 is 12.2 Å². The molecule has 0 aliphatic carbocycles. The van der Waals surface area contributed by atoms with Crippen LogP contribution in [0, 0.1) is 0 Å². The summed E-state index contributed by atoms with van der Waals surface area (Å²) in [5.74, 6) is 1.20. The second-order valence-electron chi connectivity index (χ2n) is 4.13. The second kappa shape index (κ2) is 6.76. The molecule has 0 spiro atoms. The number of thiocarbonyl (C=S) groups is 1. The van der Waals surface area contributed by atoms with Gasteiger partial charge in [0.2, 0.25) is 11.9 Å². The number of aryl methyl sites for hydroxylation is 1. The highest BCUT2D eigenvalue weighted by Gasteiger charge is 2.05. The molecule has 0 radical (unpaired) electrons. The summed E-state index contributed by atoms with van der Waals surface area (Å²) in [6, 6.07) is 9.61. The zero-order chi connectivity index (χ0) is 14.4. The zero-order valence-corrected chi connectivity index (χ0v) is 11.9. The summed E-state index contributed by atoms with van der Waals surface area (Å²) < 4.78 is 0. The van der Waals surface area contributed by atoms with Gasteiger partial charge in [0, 0.05) is 12.1 Å². The Bertz CT molecular complexity index is 587. The lowest BCUT2D eigenvalue weighted by Crippen LogP contribution is -2.21. The first-order valence-electron chi connectivity index (χ1n) is 6.31. The van der Waals surface area contributed by atoms with Crippen molar-refractivity contribution in [3.63, 3.8) is 0 Å². The molecule has 0 atom stereocenters. The number of hydrogen-bond acceptors (Lipinski definition) is 5. The third-order valence-electron chi connectivity index (χ3n) is 2.43. The normalized spacial score (nSPS) is 10.1. The second-order valence-corrected chi connectivity index (χ2v) is 4.54. The van der Waals surface area contributed by atoms with Crippen molar-refractivity contribution >= 4 is 34.9 Å². The zero-order valence-electron chi connectivity index (χ0n) is 11.1. The minimum atomic E-state index is 0.188. The molecule has 1 aromatic heterocycles. The van der Waals surface area contributed by atoms with Gasteiger partial charge < -0.3 is 16.4 Å². The fourth-order valence-corrected chi connectivity index (χ4v) is 1.82. The first-order valence-corrected chi connectivity index (χ1v) is 6.71. The maximum absolute atomic E-state index is 5.65. The molecule has 0 saturated heterocycles. The number of nitrogen functional groups attached to an aromatic ring is 1. The average molecular weight is 288 g/mol. The molecule has 4 N–H and O–H groups in total. The van der Waals surface area contributed by atoms with Crippen molar-refractivity contribution < 1.29 is 0 Å². The summed E-state index contributed by atoms with van der Waals surface area (Å²) in [4.78, 5) is 12.3. The van der Waals surface area contributed by atoms with E-state index in [4.69, 9.17) is 18.0 Å². The van der Waals surface area contributed by atoms with Crippen LogP contribution in [0.3, 0.4) is 0 Å². The molecular weight excluding hydrogens is 272 g/mol. The molecule has 0 unspecified atom stereocenters. The van der Waals surface area contributed by atoms with Crippen LogP contribution in [0.15, 0.2) is 30.3 Å². The number of hydrogen-bond donors (Lipinski definition) is 3. The van der Waals surface area contributed by atoms with E-state index in [1.165, 1.54) is 0 Å². The van der Waals surface area contributed by atoms with E-state index in [1.54, 1.807) is 0 Å². The Labute approximate surface area is 122 Å². The van der Waals surface area contributed by atoms with Gasteiger partial charge in [-0.3, -0.25) is 0 Å². The van der Waals surface area contributed by atoms with E-state index in [0.717, 1.165) is 18.5 Å². The molecule has 2 rings (SSSR count). The van der Waals surface area contributed by atoms with E-state index < -0.39 is 0 Å². The fraction of sp³-hybridized carbons (Fsp3) is 0.231. The number of benzene rings is 1. The highest BCUT2D eigenvalue weighted by molar-refractivity contribution is 7.80. The summed E-state index contributed by atoms with van der Waals surface area (Å²) in [5.41, 5.74) is 6.54. The van der Waals surface area contributed by atoms with Crippen LogP contribution in [0.5, 0.6) is 0 Å². The van der Waals surface area contributed by atoms with Gasteiger partial charge in [0.25, 0.3) is 0 Å². The van der Waals surface area contributed by atoms with Crippen LogP contribution in [0.4, 0.5) is 17.6 Å². The predicted octanol–water partition coefficient (Wildman–Crippen LogP) is 2.22. The highest BCUT2D eigenvalue weighted by atomic mass is 32.1. The van der Waals surface area contributed by atoms with Crippen molar-refractivity contribution in [2.24, 2.45) is 0 Å². The maximum atomic E-state index is 5.65. The molecule has 104 valence electrons. The summed E-state index contributed by atoms with van der Waals surface area (Å²) in [7, 11) is 0. The molecule has 7 heteroatoms. The largest absolute Gasteiger partial charge is 0.368 e. The predicted molar refractivity (Wildman–Crippen MR) is 84.5 cm³/mol. The molecule has 1 heterocycles. The lowest BCUT2D eigenvalue weighted by Gasteiger charge is -2.10. The first kappa shape index (κ1) is 14.1. The van der Waals surface area contributed by atoms with Gasteiger partial charge >= 0.3 is 0 Å². The van der Waals surface area contributed by atoms with Gasteiger partial charge in [-0.15, -0.1) is 0 Å². The Balaban J connectivity index is 2.04. The van der Waals surface area contributed by atoms with Gasteiger partial charge in [0.05, 0.1) is 0 Å². The fourth-order valence-electron chi connectivity index (χ4n) is 1.61. The number of nitrogens with one attached hydrogen (secondary N) is 2. The standard InChI is InChI=1S/C13H16N6S/c1-2-6-10-16-11(14)18-12(17-10)19-13(20)15-9-7-4-3-5-8-9/h3-5,7-8H,2,6H2,1H3,(H4,14,15,16,17,18,19,20). The van der Waals surface area contributed by atoms with E-state index in [9.17, 15) is 0 Å². The SMILES string of the molecule is CCCc1nc(N)nc(NC(=S)Nc2ccccc2)n1. The molecule has 0 fully saturated rings. The minimum Gasteiger partial charge on any atom is -0.368 e. The van der Waals surface area contributed by atoms with Gasteiger partial charge in [-0.2, -0.15) is 15.0 Å². The Morgan fingerprint density at radius 3 is 2.60 bits per heavy atom. The molecule has 0 bridgehead atoms. The quantitative estimate of drug-likeness (QED) is 0.743. The van der Waals surface area contributed by atoms with E-state index in [0.29, 0.717) is 16.9 Å². The van der Waals surface area contributed by atoms with Gasteiger partial charge in [0.1, 0.15) is 5.82 Å². The third kappa shape index (κ3) is 4.13. The Kier molecular flexibility index (Phi) is 4.78. The van der Waals surface area contributed by atoms with Crippen molar-refractivity contribution in [3.05, 3.63) is 36.2 Å². The Hall–Kier alpha value is -2.28. The average Bonchev–Trinajstić information content (AvgIpc) is 2.39. The first-order chi connectivity index (χ1) is 9.67. The number of nitrogens with two attached hydrogens (primary N) is 1. The summed E-state index contributed by atoms with van der Waals surface area (Å²) >= 11 is 5.21. The van der Waals surface area contributed by atoms with Crippen molar-refractivity contribution in [3.8, 4) is 0 Å². The minimum absolute atomic E-state index is 0.188. The maximum Gasteiger partial charge on any atom is 0.234 e. The number of nitrogens with zero attached hydrogens (tertiary/aromatic N) is 3. The summed E-state index contributed by atoms with van der Waals surface area (Å²) in [6.07, 6.45) is 1.69. The lowest BCUT2D eigenvalue weighted by atomic mass is 10.3. The van der Waals surface area contributed by atoms with Crippen molar-refractivity contribution in [2.45, 2.75) is 19.8 Å². The molecule has 0 aliphatic rings. The topological polar surface area (TPSA) is 88.8 Å². The summed E-state index contributed by atoms with van der Waals surface area (Å²) in [6.45, 7) is 2.05.